The summed E-state index contributed by atoms with van der Waals surface area (Å²) in [5.74, 6) is -0.175. The van der Waals surface area contributed by atoms with E-state index in [0.717, 1.165) is 24.0 Å². The van der Waals surface area contributed by atoms with Gasteiger partial charge in [-0.1, -0.05) is 54.6 Å². The molecule has 0 bridgehead atoms. The Morgan fingerprint density at radius 2 is 1.41 bits per heavy atom. The van der Waals surface area contributed by atoms with Gasteiger partial charge in [-0.05, 0) is 51.7 Å². The van der Waals surface area contributed by atoms with Gasteiger partial charge in [-0.25, -0.2) is 4.79 Å². The molecule has 1 N–H and O–H groups in total. The predicted octanol–water partition coefficient (Wildman–Crippen LogP) is 4.72. The van der Waals surface area contributed by atoms with Crippen molar-refractivity contribution in [1.29, 1.82) is 0 Å². The molecule has 3 rings (SSSR count). The van der Waals surface area contributed by atoms with Crippen LogP contribution >= 0.6 is 0 Å². The molecule has 2 aromatic rings. The lowest BCUT2D eigenvalue weighted by atomic mass is 9.92. The van der Waals surface area contributed by atoms with Crippen LogP contribution in [0.1, 0.15) is 46.1 Å². The number of hydrogen-bond acceptors (Lipinski definition) is 3. The normalized spacial score (nSPS) is 16.2. The zero-order valence-electron chi connectivity index (χ0n) is 17.7. The second-order valence-corrected chi connectivity index (χ2v) is 8.74. The van der Waals surface area contributed by atoms with Gasteiger partial charge >= 0.3 is 6.09 Å². The number of amides is 2. The van der Waals surface area contributed by atoms with Crippen molar-refractivity contribution in [2.75, 3.05) is 13.1 Å². The third kappa shape index (κ3) is 4.97. The van der Waals surface area contributed by atoms with Crippen LogP contribution in [-0.2, 0) is 15.1 Å². The molecular formula is C24H30N2O3. The molecule has 0 aromatic heterocycles. The van der Waals surface area contributed by atoms with Gasteiger partial charge in [0.1, 0.15) is 0 Å². The largest absolute Gasteiger partial charge is 0.428 e. The van der Waals surface area contributed by atoms with E-state index in [1.54, 1.807) is 11.8 Å². The highest BCUT2D eigenvalue weighted by Gasteiger charge is 2.43. The van der Waals surface area contributed by atoms with Crippen molar-refractivity contribution < 1.29 is 14.3 Å². The molecule has 1 heterocycles. The Kier molecular flexibility index (Phi) is 5.96. The molecule has 0 aliphatic carbocycles. The van der Waals surface area contributed by atoms with Crippen molar-refractivity contribution in [2.24, 2.45) is 0 Å². The van der Waals surface area contributed by atoms with Gasteiger partial charge in [0.05, 0.1) is 0 Å². The average Bonchev–Trinajstić information content (AvgIpc) is 3.21. The number of nitrogens with one attached hydrogen (secondary N) is 1. The van der Waals surface area contributed by atoms with Gasteiger partial charge in [0, 0.05) is 24.2 Å². The summed E-state index contributed by atoms with van der Waals surface area (Å²) >= 11 is 0. The van der Waals surface area contributed by atoms with E-state index in [-0.39, 0.29) is 5.91 Å². The molecule has 1 fully saturated rings. The van der Waals surface area contributed by atoms with E-state index in [1.807, 2.05) is 75.4 Å². The summed E-state index contributed by atoms with van der Waals surface area (Å²) in [5, 5.41) is 2.80. The standard InChI is InChI=1S/C24H30N2O3/c1-23(2,3)25-22(28)29-24(4,21(27)26-16-8-9-17-26)20-14-12-19(13-15-20)18-10-6-5-7-11-18/h5-7,10-15H,8-9,16-17H2,1-4H3,(H,25,28). The second kappa shape index (κ2) is 8.27. The molecule has 1 unspecified atom stereocenters. The van der Waals surface area contributed by atoms with Gasteiger partial charge in [0.15, 0.2) is 0 Å². The molecule has 5 heteroatoms. The Hall–Kier alpha value is -2.82. The molecule has 1 saturated heterocycles. The quantitative estimate of drug-likeness (QED) is 0.817. The van der Waals surface area contributed by atoms with Crippen LogP contribution in [0.3, 0.4) is 0 Å². The number of carbonyl (C=O) groups is 2. The van der Waals surface area contributed by atoms with Crippen LogP contribution in [0.4, 0.5) is 4.79 Å². The van der Waals surface area contributed by atoms with Crippen LogP contribution in [0.2, 0.25) is 0 Å². The Bertz CT molecular complexity index is 850. The summed E-state index contributed by atoms with van der Waals surface area (Å²) in [7, 11) is 0. The number of nitrogens with zero attached hydrogens (tertiary/aromatic N) is 1. The molecule has 1 atom stereocenters. The highest BCUT2D eigenvalue weighted by molar-refractivity contribution is 5.89. The molecule has 2 aromatic carbocycles. The monoisotopic (exact) mass is 394 g/mol. The third-order valence-corrected chi connectivity index (χ3v) is 5.12. The topological polar surface area (TPSA) is 58.6 Å². The van der Waals surface area contributed by atoms with Crippen LogP contribution in [0.25, 0.3) is 11.1 Å². The number of benzene rings is 2. The maximum atomic E-state index is 13.3. The first-order valence-electron chi connectivity index (χ1n) is 10.2. The van der Waals surface area contributed by atoms with Crippen LogP contribution < -0.4 is 5.32 Å². The smallest absolute Gasteiger partial charge is 0.408 e. The van der Waals surface area contributed by atoms with E-state index in [1.165, 1.54) is 0 Å². The van der Waals surface area contributed by atoms with Crippen molar-refractivity contribution in [3.05, 3.63) is 60.2 Å². The number of likely N-dealkylation sites (tertiary alicyclic amines) is 1. The van der Waals surface area contributed by atoms with E-state index >= 15 is 0 Å². The van der Waals surface area contributed by atoms with Gasteiger partial charge in [-0.15, -0.1) is 0 Å². The van der Waals surface area contributed by atoms with Crippen molar-refractivity contribution >= 4 is 12.0 Å². The highest BCUT2D eigenvalue weighted by Crippen LogP contribution is 2.32. The molecule has 0 radical (unpaired) electrons. The lowest BCUT2D eigenvalue weighted by Crippen LogP contribution is -2.50. The minimum absolute atomic E-state index is 0.175. The Morgan fingerprint density at radius 1 is 0.862 bits per heavy atom. The Morgan fingerprint density at radius 3 is 1.97 bits per heavy atom. The van der Waals surface area contributed by atoms with Crippen molar-refractivity contribution in [3.8, 4) is 11.1 Å². The molecule has 29 heavy (non-hydrogen) atoms. The van der Waals surface area contributed by atoms with Crippen LogP contribution in [-0.4, -0.2) is 35.5 Å². The molecule has 1 aliphatic heterocycles. The average molecular weight is 395 g/mol. The first kappa shape index (κ1) is 20.9. The van der Waals surface area contributed by atoms with E-state index in [4.69, 9.17) is 4.74 Å². The minimum Gasteiger partial charge on any atom is -0.428 e. The van der Waals surface area contributed by atoms with Gasteiger partial charge in [-0.3, -0.25) is 4.79 Å². The summed E-state index contributed by atoms with van der Waals surface area (Å²) in [6.07, 6.45) is 1.35. The fourth-order valence-corrected chi connectivity index (χ4v) is 3.58. The number of alkyl carbamates (subject to hydrolysis) is 1. The SMILES string of the molecule is CC(C)(C)NC(=O)OC(C)(C(=O)N1CCCC1)c1ccc(-c2ccccc2)cc1. The summed E-state index contributed by atoms with van der Waals surface area (Å²) in [4.78, 5) is 27.7. The summed E-state index contributed by atoms with van der Waals surface area (Å²) in [6.45, 7) is 8.71. The van der Waals surface area contributed by atoms with Crippen LogP contribution in [0.15, 0.2) is 54.6 Å². The summed E-state index contributed by atoms with van der Waals surface area (Å²) in [6, 6.07) is 17.7. The molecule has 2 amide bonds. The zero-order valence-corrected chi connectivity index (χ0v) is 17.7. The summed E-state index contributed by atoms with van der Waals surface area (Å²) < 4.78 is 5.78. The molecular weight excluding hydrogens is 364 g/mol. The van der Waals surface area contributed by atoms with Crippen molar-refractivity contribution in [1.82, 2.24) is 10.2 Å². The number of hydrogen-bond donors (Lipinski definition) is 1. The second-order valence-electron chi connectivity index (χ2n) is 8.74. The summed E-state index contributed by atoms with van der Waals surface area (Å²) in [5.41, 5.74) is 0.974. The molecule has 1 aliphatic rings. The van der Waals surface area contributed by atoms with Gasteiger partial charge < -0.3 is 15.0 Å². The van der Waals surface area contributed by atoms with E-state index < -0.39 is 17.2 Å². The fraction of sp³-hybridized carbons (Fsp3) is 0.417. The third-order valence-electron chi connectivity index (χ3n) is 5.12. The van der Waals surface area contributed by atoms with E-state index in [0.29, 0.717) is 18.7 Å². The first-order valence-corrected chi connectivity index (χ1v) is 10.2. The molecule has 154 valence electrons. The van der Waals surface area contributed by atoms with Gasteiger partial charge in [0.2, 0.25) is 5.60 Å². The molecule has 5 nitrogen and oxygen atoms in total. The number of rotatable bonds is 4. The number of carbonyl (C=O) groups excluding carboxylic acids is 2. The molecule has 0 spiro atoms. The maximum Gasteiger partial charge on any atom is 0.408 e. The Balaban J connectivity index is 1.91. The first-order chi connectivity index (χ1) is 13.7. The van der Waals surface area contributed by atoms with E-state index in [2.05, 4.69) is 5.32 Å². The highest BCUT2D eigenvalue weighted by atomic mass is 16.6. The van der Waals surface area contributed by atoms with Crippen molar-refractivity contribution in [2.45, 2.75) is 51.7 Å². The van der Waals surface area contributed by atoms with Gasteiger partial charge in [0.25, 0.3) is 5.91 Å². The van der Waals surface area contributed by atoms with E-state index in [9.17, 15) is 9.59 Å². The minimum atomic E-state index is -1.38. The Labute approximate surface area is 173 Å². The number of ether oxygens (including phenoxy) is 1. The van der Waals surface area contributed by atoms with Crippen LogP contribution in [0, 0.1) is 0 Å². The lowest BCUT2D eigenvalue weighted by Gasteiger charge is -2.34. The zero-order chi connectivity index (χ0) is 21.1. The fourth-order valence-electron chi connectivity index (χ4n) is 3.58. The lowest BCUT2D eigenvalue weighted by molar-refractivity contribution is -0.149. The van der Waals surface area contributed by atoms with Crippen molar-refractivity contribution in [3.63, 3.8) is 0 Å². The molecule has 0 saturated carbocycles. The van der Waals surface area contributed by atoms with Crippen LogP contribution in [0.5, 0.6) is 0 Å². The van der Waals surface area contributed by atoms with Gasteiger partial charge in [-0.2, -0.15) is 0 Å². The predicted molar refractivity (Wildman–Crippen MR) is 114 cm³/mol. The maximum absolute atomic E-state index is 13.3.